The van der Waals surface area contributed by atoms with Gasteiger partial charge in [-0.15, -0.1) is 0 Å². The highest BCUT2D eigenvalue weighted by atomic mass is 27.2. The summed E-state index contributed by atoms with van der Waals surface area (Å²) in [6, 6.07) is 0. The third-order valence-electron chi connectivity index (χ3n) is 6.50. The zero-order valence-electron chi connectivity index (χ0n) is 17.9. The number of hydrogen-bond donors (Lipinski definition) is 0. The smallest absolute Gasteiger partial charge is 0.0908 e. The monoisotopic (exact) mass is 324 g/mol. The first-order valence-corrected chi connectivity index (χ1v) is 12.0. The highest BCUT2D eigenvalue weighted by Gasteiger charge is 2.34. The Kier molecular flexibility index (Phi) is 8.27. The Balaban J connectivity index is 5.00. The van der Waals surface area contributed by atoms with Crippen LogP contribution in [0.5, 0.6) is 0 Å². The van der Waals surface area contributed by atoms with Gasteiger partial charge in [-0.05, 0) is 16.2 Å². The molecule has 3 unspecified atom stereocenters. The van der Waals surface area contributed by atoms with Crippen LogP contribution in [0.4, 0.5) is 0 Å². The SMILES string of the molecule is CC([CH2][Al]([CH2]C(C)C(C)(C)C)[CH2]C(C)C(C)(C)C)C(C)(C)C. The van der Waals surface area contributed by atoms with Gasteiger partial charge in [0.2, 0.25) is 0 Å². The largest absolute Gasteiger partial charge is 0.262 e. The van der Waals surface area contributed by atoms with E-state index in [4.69, 9.17) is 0 Å². The predicted molar refractivity (Wildman–Crippen MR) is 106 cm³/mol. The summed E-state index contributed by atoms with van der Waals surface area (Å²) in [6.07, 6.45) is 0. The lowest BCUT2D eigenvalue weighted by Gasteiger charge is -2.36. The van der Waals surface area contributed by atoms with E-state index in [0.29, 0.717) is 16.2 Å². The number of rotatable bonds is 6. The average Bonchev–Trinajstić information content (AvgIpc) is 2.24. The Bertz CT molecular complexity index is 258. The molecule has 0 amide bonds. The summed E-state index contributed by atoms with van der Waals surface area (Å²) in [6.45, 7) is 29.3. The molecular weight excluding hydrogens is 279 g/mol. The summed E-state index contributed by atoms with van der Waals surface area (Å²) >= 11 is -0.707. The van der Waals surface area contributed by atoms with Crippen LogP contribution in [-0.2, 0) is 0 Å². The van der Waals surface area contributed by atoms with Crippen molar-refractivity contribution in [1.82, 2.24) is 0 Å². The van der Waals surface area contributed by atoms with Crippen LogP contribution in [-0.4, -0.2) is 14.1 Å². The molecule has 0 radical (unpaired) electrons. The van der Waals surface area contributed by atoms with Crippen LogP contribution in [0, 0.1) is 34.0 Å². The van der Waals surface area contributed by atoms with E-state index >= 15 is 0 Å². The number of hydrogen-bond acceptors (Lipinski definition) is 0. The molecule has 0 fully saturated rings. The molecule has 0 spiro atoms. The van der Waals surface area contributed by atoms with E-state index < -0.39 is 14.1 Å². The fourth-order valence-electron chi connectivity index (χ4n) is 2.85. The molecule has 0 saturated heterocycles. The minimum absolute atomic E-state index is 0.460. The predicted octanol–water partition coefficient (Wildman–Crippen LogP) is 7.53. The van der Waals surface area contributed by atoms with Crippen LogP contribution >= 0.6 is 0 Å². The molecule has 0 aliphatic heterocycles. The van der Waals surface area contributed by atoms with E-state index in [1.54, 1.807) is 0 Å². The molecule has 0 saturated carbocycles. The zero-order chi connectivity index (χ0) is 17.9. The fourth-order valence-corrected chi connectivity index (χ4v) is 8.55. The van der Waals surface area contributed by atoms with Crippen molar-refractivity contribution in [2.75, 3.05) is 0 Å². The van der Waals surface area contributed by atoms with Crippen molar-refractivity contribution < 1.29 is 0 Å². The van der Waals surface area contributed by atoms with Crippen LogP contribution in [0.2, 0.25) is 15.8 Å². The molecule has 1 heteroatoms. The van der Waals surface area contributed by atoms with Crippen LogP contribution in [0.15, 0.2) is 0 Å². The van der Waals surface area contributed by atoms with Crippen molar-refractivity contribution in [1.29, 1.82) is 0 Å². The van der Waals surface area contributed by atoms with E-state index in [1.165, 1.54) is 15.8 Å². The zero-order valence-corrected chi connectivity index (χ0v) is 19.1. The van der Waals surface area contributed by atoms with Gasteiger partial charge in [0.15, 0.2) is 0 Å². The molecule has 0 heterocycles. The molecule has 0 bridgehead atoms. The van der Waals surface area contributed by atoms with Crippen molar-refractivity contribution in [2.24, 2.45) is 34.0 Å². The van der Waals surface area contributed by atoms with E-state index in [-0.39, 0.29) is 0 Å². The third-order valence-corrected chi connectivity index (χ3v) is 10.6. The Morgan fingerprint density at radius 2 is 0.682 bits per heavy atom. The van der Waals surface area contributed by atoms with Gasteiger partial charge in [0.05, 0.1) is 0 Å². The van der Waals surface area contributed by atoms with Gasteiger partial charge in [0.25, 0.3) is 14.1 Å². The minimum Gasteiger partial charge on any atom is -0.0908 e. The second-order valence-corrected chi connectivity index (χ2v) is 14.5. The van der Waals surface area contributed by atoms with Gasteiger partial charge in [-0.25, -0.2) is 0 Å². The maximum absolute atomic E-state index is 2.49. The third kappa shape index (κ3) is 8.40. The van der Waals surface area contributed by atoms with Crippen molar-refractivity contribution in [3.8, 4) is 0 Å². The lowest BCUT2D eigenvalue weighted by atomic mass is 9.83. The summed E-state index contributed by atoms with van der Waals surface area (Å²) in [5.74, 6) is 2.55. The maximum Gasteiger partial charge on any atom is 0.262 e. The van der Waals surface area contributed by atoms with Crippen LogP contribution < -0.4 is 0 Å². The van der Waals surface area contributed by atoms with Crippen molar-refractivity contribution in [2.45, 2.75) is 98.9 Å². The van der Waals surface area contributed by atoms with Gasteiger partial charge >= 0.3 is 0 Å². The first-order valence-electron chi connectivity index (χ1n) is 9.55. The molecule has 0 rings (SSSR count). The summed E-state index contributed by atoms with van der Waals surface area (Å²) in [7, 11) is 0. The summed E-state index contributed by atoms with van der Waals surface area (Å²) in [5, 5.41) is 4.55. The first-order chi connectivity index (χ1) is 9.55. The van der Waals surface area contributed by atoms with Gasteiger partial charge in [0.1, 0.15) is 0 Å². The highest BCUT2D eigenvalue weighted by molar-refractivity contribution is 6.59. The molecule has 0 nitrogen and oxygen atoms in total. The summed E-state index contributed by atoms with van der Waals surface area (Å²) in [5.41, 5.74) is 1.38. The Labute approximate surface area is 147 Å². The van der Waals surface area contributed by atoms with Gasteiger partial charge in [-0.3, -0.25) is 0 Å². The van der Waals surface area contributed by atoms with Crippen LogP contribution in [0.1, 0.15) is 83.1 Å². The molecule has 0 aromatic carbocycles. The normalized spacial score (nSPS) is 18.0. The van der Waals surface area contributed by atoms with Gasteiger partial charge in [-0.2, -0.15) is 0 Å². The van der Waals surface area contributed by atoms with E-state index in [2.05, 4.69) is 83.1 Å². The molecule has 0 N–H and O–H groups in total. The average molecular weight is 325 g/mol. The van der Waals surface area contributed by atoms with E-state index in [0.717, 1.165) is 17.8 Å². The lowest BCUT2D eigenvalue weighted by molar-refractivity contribution is 0.262. The highest BCUT2D eigenvalue weighted by Crippen LogP contribution is 2.39. The minimum atomic E-state index is -0.707. The summed E-state index contributed by atoms with van der Waals surface area (Å²) in [4.78, 5) is 0. The van der Waals surface area contributed by atoms with E-state index in [9.17, 15) is 0 Å². The maximum atomic E-state index is 2.49. The first kappa shape index (κ1) is 22.5. The second-order valence-electron chi connectivity index (χ2n) is 11.4. The molecule has 22 heavy (non-hydrogen) atoms. The second kappa shape index (κ2) is 8.07. The molecule has 0 aromatic rings. The summed E-state index contributed by atoms with van der Waals surface area (Å²) < 4.78 is 0. The standard InChI is InChI=1S/3C7H15.Al/c3*1-6(2)7(3,4)5;/h3*6H,1H2,2-5H3;. The van der Waals surface area contributed by atoms with Crippen molar-refractivity contribution in [3.63, 3.8) is 0 Å². The van der Waals surface area contributed by atoms with Crippen molar-refractivity contribution >= 4 is 14.1 Å². The molecule has 0 aliphatic rings. The van der Waals surface area contributed by atoms with Crippen molar-refractivity contribution in [3.05, 3.63) is 0 Å². The van der Waals surface area contributed by atoms with E-state index in [1.807, 2.05) is 0 Å². The molecular formula is C21H45Al. The molecule has 0 aromatic heterocycles. The Morgan fingerprint density at radius 3 is 0.818 bits per heavy atom. The molecule has 132 valence electrons. The topological polar surface area (TPSA) is 0 Å². The quantitative estimate of drug-likeness (QED) is 0.443. The lowest BCUT2D eigenvalue weighted by Crippen LogP contribution is -2.32. The van der Waals surface area contributed by atoms with Gasteiger partial charge in [0, 0.05) is 0 Å². The fraction of sp³-hybridized carbons (Fsp3) is 1.00. The van der Waals surface area contributed by atoms with Crippen LogP contribution in [0.25, 0.3) is 0 Å². The van der Waals surface area contributed by atoms with Gasteiger partial charge < -0.3 is 0 Å². The Hall–Kier alpha value is 0.532. The molecule has 3 atom stereocenters. The molecule has 0 aliphatic carbocycles. The van der Waals surface area contributed by atoms with Crippen LogP contribution in [0.3, 0.4) is 0 Å². The van der Waals surface area contributed by atoms with Gasteiger partial charge in [-0.1, -0.05) is 117 Å². The Morgan fingerprint density at radius 1 is 0.500 bits per heavy atom.